The molecule has 0 amide bonds. The summed E-state index contributed by atoms with van der Waals surface area (Å²) in [7, 11) is 2.19. The molecule has 1 aliphatic heterocycles. The molecule has 0 bridgehead atoms. The van der Waals surface area contributed by atoms with E-state index in [4.69, 9.17) is 4.74 Å². The Morgan fingerprint density at radius 1 is 1.18 bits per heavy atom. The van der Waals surface area contributed by atoms with Gasteiger partial charge < -0.3 is 20.3 Å². The fourth-order valence-corrected chi connectivity index (χ4v) is 2.33. The monoisotopic (exact) mass is 427 g/mol. The van der Waals surface area contributed by atoms with Crippen LogP contribution in [-0.2, 0) is 4.74 Å². The van der Waals surface area contributed by atoms with Crippen LogP contribution in [0.2, 0.25) is 0 Å². The standard InChI is InChI=1S/C15H33N5O.HI/c1-5-16-15(17-7-12-21-6-2)18-13-14(3)20-10-8-19(4)9-11-20;/h14H,5-13H2,1-4H3,(H2,16,17,18);1H. The molecular formula is C15H34IN5O. The van der Waals surface area contributed by atoms with E-state index in [2.05, 4.69) is 46.3 Å². The van der Waals surface area contributed by atoms with Crippen LogP contribution in [0.25, 0.3) is 0 Å². The second-order valence-electron chi connectivity index (χ2n) is 5.53. The van der Waals surface area contributed by atoms with E-state index in [-0.39, 0.29) is 24.0 Å². The van der Waals surface area contributed by atoms with Gasteiger partial charge in [0.25, 0.3) is 0 Å². The molecule has 1 unspecified atom stereocenters. The molecule has 7 heteroatoms. The summed E-state index contributed by atoms with van der Waals surface area (Å²) in [5.41, 5.74) is 0. The number of hydrogen-bond acceptors (Lipinski definition) is 4. The molecule has 0 aromatic carbocycles. The SMILES string of the molecule is CCNC(=NCC(C)N1CCN(C)CC1)NCCOCC.I. The summed E-state index contributed by atoms with van der Waals surface area (Å²) < 4.78 is 5.33. The van der Waals surface area contributed by atoms with Crippen LogP contribution in [-0.4, -0.2) is 87.9 Å². The molecule has 0 spiro atoms. The Morgan fingerprint density at radius 2 is 1.86 bits per heavy atom. The average molecular weight is 427 g/mol. The van der Waals surface area contributed by atoms with Gasteiger partial charge in [-0.25, -0.2) is 0 Å². The second-order valence-corrected chi connectivity index (χ2v) is 5.53. The minimum atomic E-state index is 0. The summed E-state index contributed by atoms with van der Waals surface area (Å²) in [6.45, 7) is 14.9. The van der Waals surface area contributed by atoms with E-state index in [0.29, 0.717) is 6.04 Å². The van der Waals surface area contributed by atoms with Gasteiger partial charge in [-0.2, -0.15) is 0 Å². The highest BCUT2D eigenvalue weighted by Gasteiger charge is 2.18. The maximum absolute atomic E-state index is 5.33. The molecule has 132 valence electrons. The number of halogens is 1. The predicted octanol–water partition coefficient (Wildman–Crippen LogP) is 0.832. The molecule has 1 heterocycles. The third-order valence-corrected chi connectivity index (χ3v) is 3.76. The van der Waals surface area contributed by atoms with Gasteiger partial charge in [-0.15, -0.1) is 24.0 Å². The highest BCUT2D eigenvalue weighted by molar-refractivity contribution is 14.0. The lowest BCUT2D eigenvalue weighted by Gasteiger charge is -2.35. The Hall–Kier alpha value is -0.120. The molecule has 0 saturated carbocycles. The number of hydrogen-bond donors (Lipinski definition) is 2. The number of piperazine rings is 1. The summed E-state index contributed by atoms with van der Waals surface area (Å²) in [6.07, 6.45) is 0. The molecule has 1 rings (SSSR count). The van der Waals surface area contributed by atoms with Gasteiger partial charge in [0.15, 0.2) is 5.96 Å². The average Bonchev–Trinajstić information content (AvgIpc) is 2.49. The topological polar surface area (TPSA) is 52.1 Å². The van der Waals surface area contributed by atoms with Crippen LogP contribution >= 0.6 is 24.0 Å². The Morgan fingerprint density at radius 3 is 2.45 bits per heavy atom. The van der Waals surface area contributed by atoms with Gasteiger partial charge in [0.05, 0.1) is 13.2 Å². The van der Waals surface area contributed by atoms with E-state index in [1.165, 1.54) is 0 Å². The molecule has 6 nitrogen and oxygen atoms in total. The lowest BCUT2D eigenvalue weighted by atomic mass is 10.2. The second kappa shape index (κ2) is 13.3. The van der Waals surface area contributed by atoms with Crippen molar-refractivity contribution in [1.29, 1.82) is 0 Å². The first-order valence-corrected chi connectivity index (χ1v) is 8.19. The van der Waals surface area contributed by atoms with Crippen LogP contribution in [0, 0.1) is 0 Å². The number of rotatable bonds is 8. The highest BCUT2D eigenvalue weighted by Crippen LogP contribution is 2.05. The minimum Gasteiger partial charge on any atom is -0.380 e. The first kappa shape index (κ1) is 21.9. The maximum Gasteiger partial charge on any atom is 0.191 e. The maximum atomic E-state index is 5.33. The van der Waals surface area contributed by atoms with Gasteiger partial charge in [0.1, 0.15) is 0 Å². The van der Waals surface area contributed by atoms with Crippen LogP contribution < -0.4 is 10.6 Å². The zero-order valence-corrected chi connectivity index (χ0v) is 16.9. The molecule has 2 N–H and O–H groups in total. The van der Waals surface area contributed by atoms with Crippen LogP contribution in [0.1, 0.15) is 20.8 Å². The Balaban J connectivity index is 0.00000441. The van der Waals surface area contributed by atoms with Crippen LogP contribution in [0.15, 0.2) is 4.99 Å². The first-order valence-electron chi connectivity index (χ1n) is 8.19. The highest BCUT2D eigenvalue weighted by atomic mass is 127. The van der Waals surface area contributed by atoms with E-state index < -0.39 is 0 Å². The minimum absolute atomic E-state index is 0. The van der Waals surface area contributed by atoms with Crippen molar-refractivity contribution in [2.75, 3.05) is 66.1 Å². The van der Waals surface area contributed by atoms with Crippen molar-refractivity contribution in [2.24, 2.45) is 4.99 Å². The molecular weight excluding hydrogens is 393 g/mol. The predicted molar refractivity (Wildman–Crippen MR) is 104 cm³/mol. The number of ether oxygens (including phenoxy) is 1. The number of guanidine groups is 1. The smallest absolute Gasteiger partial charge is 0.191 e. The van der Waals surface area contributed by atoms with Crippen molar-refractivity contribution in [3.05, 3.63) is 0 Å². The van der Waals surface area contributed by atoms with Crippen molar-refractivity contribution in [2.45, 2.75) is 26.8 Å². The molecule has 0 radical (unpaired) electrons. The van der Waals surface area contributed by atoms with Gasteiger partial charge in [-0.05, 0) is 27.8 Å². The molecule has 0 aromatic heterocycles. The summed E-state index contributed by atoms with van der Waals surface area (Å²) in [4.78, 5) is 9.59. The summed E-state index contributed by atoms with van der Waals surface area (Å²) >= 11 is 0. The van der Waals surface area contributed by atoms with Crippen molar-refractivity contribution in [3.8, 4) is 0 Å². The Labute approximate surface area is 153 Å². The molecule has 0 aliphatic carbocycles. The number of likely N-dealkylation sites (N-methyl/N-ethyl adjacent to an activating group) is 1. The van der Waals surface area contributed by atoms with Crippen molar-refractivity contribution >= 4 is 29.9 Å². The van der Waals surface area contributed by atoms with Crippen LogP contribution in [0.3, 0.4) is 0 Å². The molecule has 1 saturated heterocycles. The van der Waals surface area contributed by atoms with E-state index >= 15 is 0 Å². The van der Waals surface area contributed by atoms with E-state index in [1.54, 1.807) is 0 Å². The molecule has 1 fully saturated rings. The lowest BCUT2D eigenvalue weighted by Crippen LogP contribution is -2.49. The fraction of sp³-hybridized carbons (Fsp3) is 0.933. The van der Waals surface area contributed by atoms with Crippen molar-refractivity contribution in [1.82, 2.24) is 20.4 Å². The summed E-state index contributed by atoms with van der Waals surface area (Å²) in [5, 5.41) is 6.59. The van der Waals surface area contributed by atoms with Crippen molar-refractivity contribution in [3.63, 3.8) is 0 Å². The Bertz CT molecular complexity index is 296. The zero-order valence-electron chi connectivity index (χ0n) is 14.6. The molecule has 22 heavy (non-hydrogen) atoms. The Kier molecular flexibility index (Phi) is 13.3. The van der Waals surface area contributed by atoms with Gasteiger partial charge in [0, 0.05) is 51.9 Å². The van der Waals surface area contributed by atoms with Gasteiger partial charge in [0.2, 0.25) is 0 Å². The van der Waals surface area contributed by atoms with E-state index in [9.17, 15) is 0 Å². The third-order valence-electron chi connectivity index (χ3n) is 3.76. The zero-order chi connectivity index (χ0) is 15.5. The third kappa shape index (κ3) is 9.12. The summed E-state index contributed by atoms with van der Waals surface area (Å²) in [6, 6.07) is 0.487. The van der Waals surface area contributed by atoms with Gasteiger partial charge in [-0.1, -0.05) is 0 Å². The first-order chi connectivity index (χ1) is 10.2. The molecule has 1 atom stereocenters. The molecule has 1 aliphatic rings. The van der Waals surface area contributed by atoms with E-state index in [0.717, 1.165) is 65.0 Å². The molecule has 0 aromatic rings. The van der Waals surface area contributed by atoms with E-state index in [1.807, 2.05) is 6.92 Å². The summed E-state index contributed by atoms with van der Waals surface area (Å²) in [5.74, 6) is 0.887. The number of nitrogens with zero attached hydrogens (tertiary/aromatic N) is 3. The normalized spacial score (nSPS) is 18.6. The fourth-order valence-electron chi connectivity index (χ4n) is 2.33. The van der Waals surface area contributed by atoms with Crippen LogP contribution in [0.4, 0.5) is 0 Å². The lowest BCUT2D eigenvalue weighted by molar-refractivity contribution is 0.122. The van der Waals surface area contributed by atoms with Gasteiger partial charge in [-0.3, -0.25) is 9.89 Å². The van der Waals surface area contributed by atoms with Crippen molar-refractivity contribution < 1.29 is 4.74 Å². The quantitative estimate of drug-likeness (QED) is 0.260. The van der Waals surface area contributed by atoms with Crippen LogP contribution in [0.5, 0.6) is 0 Å². The number of aliphatic imine (C=N–C) groups is 1. The largest absolute Gasteiger partial charge is 0.380 e. The van der Waals surface area contributed by atoms with Gasteiger partial charge >= 0.3 is 0 Å². The number of nitrogens with one attached hydrogen (secondary N) is 2.